The lowest BCUT2D eigenvalue weighted by Crippen LogP contribution is -2.35. The third-order valence-electron chi connectivity index (χ3n) is 3.37. The maximum absolute atomic E-state index is 10.1. The van der Waals surface area contributed by atoms with Crippen molar-refractivity contribution in [1.82, 2.24) is 0 Å². The molecule has 82 valence electrons. The Morgan fingerprint density at radius 3 is 1.69 bits per heavy atom. The minimum absolute atomic E-state index is 0.776. The molecule has 0 bridgehead atoms. The second-order valence-corrected chi connectivity index (χ2v) is 4.31. The first-order chi connectivity index (χ1) is 7.79. The van der Waals surface area contributed by atoms with Crippen molar-refractivity contribution in [2.45, 2.75) is 25.0 Å². The maximum Gasteiger partial charge on any atom is 0.109 e. The van der Waals surface area contributed by atoms with Crippen molar-refractivity contribution in [2.75, 3.05) is 0 Å². The van der Waals surface area contributed by atoms with E-state index in [2.05, 4.69) is 12.2 Å². The average Bonchev–Trinajstić information content (AvgIpc) is 2.36. The molecule has 3 rings (SSSR count). The zero-order valence-electron chi connectivity index (χ0n) is 8.93. The lowest BCUT2D eigenvalue weighted by molar-refractivity contribution is 0.0652. The molecule has 3 aliphatic carbocycles. The summed E-state index contributed by atoms with van der Waals surface area (Å²) in [4.78, 5) is 0. The van der Waals surface area contributed by atoms with E-state index in [-0.39, 0.29) is 0 Å². The van der Waals surface area contributed by atoms with Crippen molar-refractivity contribution < 1.29 is 10.2 Å². The summed E-state index contributed by atoms with van der Waals surface area (Å²) >= 11 is 0. The van der Waals surface area contributed by atoms with E-state index in [4.69, 9.17) is 0 Å². The molecular weight excluding hydrogens is 200 g/mol. The highest BCUT2D eigenvalue weighted by atomic mass is 16.3. The molecule has 0 unspecified atom stereocenters. The van der Waals surface area contributed by atoms with Crippen LogP contribution < -0.4 is 0 Å². The van der Waals surface area contributed by atoms with Gasteiger partial charge in [0, 0.05) is 0 Å². The number of fused-ring (bicyclic) bond motifs is 2. The van der Waals surface area contributed by atoms with Gasteiger partial charge in [0.1, 0.15) is 12.2 Å². The molecule has 0 amide bonds. The highest BCUT2D eigenvalue weighted by molar-refractivity contribution is 5.63. The molecule has 0 fully saturated rings. The molecule has 0 radical (unpaired) electrons. The van der Waals surface area contributed by atoms with Gasteiger partial charge in [-0.1, -0.05) is 36.5 Å². The lowest BCUT2D eigenvalue weighted by Gasteiger charge is -2.33. The van der Waals surface area contributed by atoms with Crippen molar-refractivity contribution in [3.63, 3.8) is 0 Å². The zero-order chi connectivity index (χ0) is 11.1. The quantitative estimate of drug-likeness (QED) is 0.645. The Morgan fingerprint density at radius 1 is 0.812 bits per heavy atom. The lowest BCUT2D eigenvalue weighted by atomic mass is 9.76. The molecule has 0 saturated heterocycles. The van der Waals surface area contributed by atoms with Gasteiger partial charge in [0.2, 0.25) is 0 Å². The molecule has 0 saturated carbocycles. The molecule has 2 nitrogen and oxygen atoms in total. The van der Waals surface area contributed by atoms with Gasteiger partial charge in [-0.05, 0) is 35.1 Å². The van der Waals surface area contributed by atoms with Crippen molar-refractivity contribution >= 4 is 0 Å². The normalized spacial score (nSPS) is 31.9. The summed E-state index contributed by atoms with van der Waals surface area (Å²) in [5.74, 6) is 0. The molecule has 0 aromatic carbocycles. The van der Waals surface area contributed by atoms with Gasteiger partial charge >= 0.3 is 0 Å². The fourth-order valence-corrected chi connectivity index (χ4v) is 2.57. The molecule has 16 heavy (non-hydrogen) atoms. The predicted octanol–water partition coefficient (Wildman–Crippen LogP) is 1.79. The van der Waals surface area contributed by atoms with Gasteiger partial charge in [-0.25, -0.2) is 0 Å². The van der Waals surface area contributed by atoms with Gasteiger partial charge in [0.25, 0.3) is 0 Å². The molecule has 0 aromatic rings. The van der Waals surface area contributed by atoms with Gasteiger partial charge < -0.3 is 10.2 Å². The Labute approximate surface area is 94.6 Å². The third-order valence-corrected chi connectivity index (χ3v) is 3.37. The van der Waals surface area contributed by atoms with Gasteiger partial charge in [-0.15, -0.1) is 0 Å². The van der Waals surface area contributed by atoms with Crippen LogP contribution in [-0.2, 0) is 0 Å². The summed E-state index contributed by atoms with van der Waals surface area (Å²) in [5, 5.41) is 20.1. The van der Waals surface area contributed by atoms with Crippen LogP contribution in [-0.4, -0.2) is 22.4 Å². The Hall–Kier alpha value is -1.38. The van der Waals surface area contributed by atoms with Crippen molar-refractivity contribution in [2.24, 2.45) is 0 Å². The van der Waals surface area contributed by atoms with Crippen LogP contribution in [0.1, 0.15) is 12.8 Å². The van der Waals surface area contributed by atoms with Crippen LogP contribution in [0, 0.1) is 0 Å². The van der Waals surface area contributed by atoms with Crippen molar-refractivity contribution in [3.05, 3.63) is 58.7 Å². The highest BCUT2D eigenvalue weighted by Crippen LogP contribution is 2.39. The fourth-order valence-electron chi connectivity index (χ4n) is 2.57. The fraction of sp³-hybridized carbons (Fsp3) is 0.286. The summed E-state index contributed by atoms with van der Waals surface area (Å²) in [7, 11) is 0. The average molecular weight is 214 g/mol. The smallest absolute Gasteiger partial charge is 0.109 e. The van der Waals surface area contributed by atoms with Crippen LogP contribution in [0.5, 0.6) is 0 Å². The van der Waals surface area contributed by atoms with E-state index in [1.807, 2.05) is 24.3 Å². The number of aliphatic hydroxyl groups excluding tert-OH is 2. The van der Waals surface area contributed by atoms with Crippen LogP contribution in [0.4, 0.5) is 0 Å². The first kappa shape index (κ1) is 9.82. The number of hydrogen-bond acceptors (Lipinski definition) is 2. The van der Waals surface area contributed by atoms with Gasteiger partial charge in [0.05, 0.1) is 0 Å². The number of aliphatic hydroxyl groups is 2. The Bertz CT molecular complexity index is 431. The number of rotatable bonds is 0. The van der Waals surface area contributed by atoms with Crippen LogP contribution >= 0.6 is 0 Å². The van der Waals surface area contributed by atoms with Gasteiger partial charge in [-0.3, -0.25) is 0 Å². The molecule has 0 spiro atoms. The van der Waals surface area contributed by atoms with E-state index in [0.29, 0.717) is 0 Å². The Morgan fingerprint density at radius 2 is 1.25 bits per heavy atom. The summed E-state index contributed by atoms with van der Waals surface area (Å²) in [6, 6.07) is 0. The summed E-state index contributed by atoms with van der Waals surface area (Å²) in [5.41, 5.74) is 3.86. The Kier molecular flexibility index (Phi) is 2.20. The Balaban J connectivity index is 2.22. The van der Waals surface area contributed by atoms with Crippen LogP contribution in [0.25, 0.3) is 0 Å². The third kappa shape index (κ3) is 1.27. The largest absolute Gasteiger partial charge is 0.385 e. The standard InChI is InChI=1S/C14H14O2/c15-13-11-7-3-1-5-9(11)10-6-2-4-8-12(10)14(13)16/h1-2,5-8,13-16H,3-4H2/t13-,14-/m1/s1. The van der Waals surface area contributed by atoms with E-state index in [0.717, 1.165) is 35.1 Å². The summed E-state index contributed by atoms with van der Waals surface area (Å²) in [6.45, 7) is 0. The van der Waals surface area contributed by atoms with Crippen LogP contribution in [0.15, 0.2) is 58.7 Å². The van der Waals surface area contributed by atoms with Crippen LogP contribution in [0.3, 0.4) is 0 Å². The van der Waals surface area contributed by atoms with Crippen molar-refractivity contribution in [3.8, 4) is 0 Å². The summed E-state index contributed by atoms with van der Waals surface area (Å²) in [6.07, 6.45) is 12.4. The molecular formula is C14H14O2. The van der Waals surface area contributed by atoms with Crippen LogP contribution in [0.2, 0.25) is 0 Å². The molecule has 0 aromatic heterocycles. The van der Waals surface area contributed by atoms with E-state index < -0.39 is 12.2 Å². The van der Waals surface area contributed by atoms with Gasteiger partial charge in [0.15, 0.2) is 0 Å². The topological polar surface area (TPSA) is 40.5 Å². The zero-order valence-corrected chi connectivity index (χ0v) is 8.93. The van der Waals surface area contributed by atoms with E-state index in [1.54, 1.807) is 0 Å². The molecule has 3 aliphatic rings. The molecule has 2 atom stereocenters. The minimum Gasteiger partial charge on any atom is -0.385 e. The molecule has 0 aliphatic heterocycles. The van der Waals surface area contributed by atoms with Gasteiger partial charge in [-0.2, -0.15) is 0 Å². The summed E-state index contributed by atoms with van der Waals surface area (Å²) < 4.78 is 0. The second-order valence-electron chi connectivity index (χ2n) is 4.31. The highest BCUT2D eigenvalue weighted by Gasteiger charge is 2.34. The van der Waals surface area contributed by atoms with E-state index in [1.165, 1.54) is 0 Å². The minimum atomic E-state index is -0.776. The van der Waals surface area contributed by atoms with E-state index >= 15 is 0 Å². The monoisotopic (exact) mass is 214 g/mol. The molecule has 2 N–H and O–H groups in total. The predicted molar refractivity (Wildman–Crippen MR) is 62.7 cm³/mol. The number of hydrogen-bond donors (Lipinski definition) is 2. The second kappa shape index (κ2) is 3.58. The first-order valence-electron chi connectivity index (χ1n) is 5.63. The SMILES string of the molecule is O[C@@H]1C2=CCC=CC2=C2C=CCC=C2[C@H]1O. The van der Waals surface area contributed by atoms with E-state index in [9.17, 15) is 10.2 Å². The van der Waals surface area contributed by atoms with Crippen molar-refractivity contribution in [1.29, 1.82) is 0 Å². The molecule has 2 heteroatoms. The first-order valence-corrected chi connectivity index (χ1v) is 5.63. The number of allylic oxidation sites excluding steroid dienone is 6. The maximum atomic E-state index is 10.1. The molecule has 0 heterocycles.